The summed E-state index contributed by atoms with van der Waals surface area (Å²) in [5.74, 6) is -1.59. The zero-order valence-corrected chi connectivity index (χ0v) is 17.7. The molecule has 1 aromatic heterocycles. The smallest absolute Gasteiger partial charge is 0.249 e. The van der Waals surface area contributed by atoms with Gasteiger partial charge in [0.05, 0.1) is 18.1 Å². The van der Waals surface area contributed by atoms with Gasteiger partial charge in [-0.05, 0) is 71.3 Å². The zero-order valence-electron chi connectivity index (χ0n) is 17.7. The number of carbonyl (C=O) groups excluding carboxylic acids is 1. The van der Waals surface area contributed by atoms with Crippen LogP contribution >= 0.6 is 0 Å². The van der Waals surface area contributed by atoms with Gasteiger partial charge in [0.2, 0.25) is 5.91 Å². The summed E-state index contributed by atoms with van der Waals surface area (Å²) in [5, 5.41) is 1.42. The first-order valence-electron chi connectivity index (χ1n) is 10.3. The summed E-state index contributed by atoms with van der Waals surface area (Å²) in [6.45, 7) is 0.277. The molecule has 0 saturated carbocycles. The van der Waals surface area contributed by atoms with Crippen molar-refractivity contribution in [2.75, 3.05) is 7.11 Å². The number of hydrogen-bond donors (Lipinski definition) is 1. The highest BCUT2D eigenvalue weighted by Crippen LogP contribution is 2.35. The molecule has 5 aromatic rings. The second-order valence-electron chi connectivity index (χ2n) is 7.78. The SMILES string of the molecule is COc1ccc(-c2c[c]c3c4c(C(N)=O)cccc4n(Cc4ccc(F)c(F)c4)c3c2)cc1. The van der Waals surface area contributed by atoms with Gasteiger partial charge in [0.1, 0.15) is 5.75 Å². The average Bonchev–Trinajstić information content (AvgIpc) is 3.14. The number of primary amides is 1. The maximum absolute atomic E-state index is 13.9. The Kier molecular flexibility index (Phi) is 5.05. The fourth-order valence-electron chi connectivity index (χ4n) is 4.20. The maximum Gasteiger partial charge on any atom is 0.249 e. The quantitative estimate of drug-likeness (QED) is 0.381. The molecular formula is C27H19F2N2O2. The van der Waals surface area contributed by atoms with Gasteiger partial charge >= 0.3 is 0 Å². The molecule has 4 nitrogen and oxygen atoms in total. The van der Waals surface area contributed by atoms with Gasteiger partial charge < -0.3 is 15.0 Å². The Bertz CT molecular complexity index is 1520. The number of amides is 1. The molecule has 1 radical (unpaired) electrons. The molecule has 0 atom stereocenters. The number of halogens is 2. The molecular weight excluding hydrogens is 422 g/mol. The predicted molar refractivity (Wildman–Crippen MR) is 124 cm³/mol. The number of nitrogens with zero attached hydrogens (tertiary/aromatic N) is 1. The molecule has 4 aromatic carbocycles. The molecule has 0 fully saturated rings. The Balaban J connectivity index is 1.76. The molecule has 0 bridgehead atoms. The number of fused-ring (bicyclic) bond motifs is 3. The van der Waals surface area contributed by atoms with E-state index in [0.29, 0.717) is 16.5 Å². The summed E-state index contributed by atoms with van der Waals surface area (Å²) >= 11 is 0. The highest BCUT2D eigenvalue weighted by atomic mass is 19.2. The number of methoxy groups -OCH3 is 1. The van der Waals surface area contributed by atoms with Crippen LogP contribution in [0.25, 0.3) is 32.9 Å². The van der Waals surface area contributed by atoms with Crippen LogP contribution < -0.4 is 10.5 Å². The van der Waals surface area contributed by atoms with Gasteiger partial charge in [-0.3, -0.25) is 4.79 Å². The van der Waals surface area contributed by atoms with Gasteiger partial charge in [-0.2, -0.15) is 0 Å². The lowest BCUT2D eigenvalue weighted by Crippen LogP contribution is -2.11. The van der Waals surface area contributed by atoms with Crippen LogP contribution in [0.1, 0.15) is 15.9 Å². The topological polar surface area (TPSA) is 57.2 Å². The van der Waals surface area contributed by atoms with Crippen molar-refractivity contribution >= 4 is 27.7 Å². The van der Waals surface area contributed by atoms with Crippen molar-refractivity contribution in [2.24, 2.45) is 5.73 Å². The monoisotopic (exact) mass is 441 g/mol. The fraction of sp³-hybridized carbons (Fsp3) is 0.0741. The summed E-state index contributed by atoms with van der Waals surface area (Å²) in [5.41, 5.74) is 10.1. The van der Waals surface area contributed by atoms with Crippen molar-refractivity contribution in [2.45, 2.75) is 6.54 Å². The lowest BCUT2D eigenvalue weighted by Gasteiger charge is -2.10. The molecule has 0 aliphatic heterocycles. The van der Waals surface area contributed by atoms with E-state index in [0.717, 1.165) is 39.4 Å². The lowest BCUT2D eigenvalue weighted by atomic mass is 10.0. The minimum absolute atomic E-state index is 0.277. The number of aromatic nitrogens is 1. The number of carbonyl (C=O) groups is 1. The van der Waals surface area contributed by atoms with E-state index in [9.17, 15) is 13.6 Å². The molecule has 0 aliphatic rings. The number of rotatable bonds is 5. The second kappa shape index (κ2) is 8.06. The van der Waals surface area contributed by atoms with Crippen LogP contribution in [-0.4, -0.2) is 17.6 Å². The Labute approximate surface area is 188 Å². The normalized spacial score (nSPS) is 11.2. The number of benzene rings is 4. The third-order valence-corrected chi connectivity index (χ3v) is 5.81. The summed E-state index contributed by atoms with van der Waals surface area (Å²) in [7, 11) is 1.61. The third-order valence-electron chi connectivity index (χ3n) is 5.81. The van der Waals surface area contributed by atoms with Gasteiger partial charge in [-0.15, -0.1) is 0 Å². The van der Waals surface area contributed by atoms with Crippen molar-refractivity contribution in [3.63, 3.8) is 0 Å². The number of nitrogens with two attached hydrogens (primary N) is 1. The van der Waals surface area contributed by atoms with Crippen LogP contribution in [-0.2, 0) is 6.54 Å². The van der Waals surface area contributed by atoms with E-state index in [1.807, 2.05) is 47.0 Å². The third kappa shape index (κ3) is 3.59. The molecule has 1 amide bonds. The molecule has 5 rings (SSSR count). The summed E-state index contributed by atoms with van der Waals surface area (Å²) in [6.07, 6.45) is 0. The van der Waals surface area contributed by atoms with E-state index in [1.165, 1.54) is 6.07 Å². The minimum atomic E-state index is -0.906. The molecule has 33 heavy (non-hydrogen) atoms. The van der Waals surface area contributed by atoms with Crippen molar-refractivity contribution < 1.29 is 18.3 Å². The molecule has 0 aliphatic carbocycles. The minimum Gasteiger partial charge on any atom is -0.497 e. The Morgan fingerprint density at radius 1 is 0.970 bits per heavy atom. The molecule has 0 unspecified atom stereocenters. The van der Waals surface area contributed by atoms with E-state index >= 15 is 0 Å². The largest absolute Gasteiger partial charge is 0.497 e. The highest BCUT2D eigenvalue weighted by Gasteiger charge is 2.18. The van der Waals surface area contributed by atoms with Gasteiger partial charge in [-0.25, -0.2) is 8.78 Å². The van der Waals surface area contributed by atoms with E-state index in [2.05, 4.69) is 6.07 Å². The Morgan fingerprint density at radius 3 is 2.45 bits per heavy atom. The first-order valence-corrected chi connectivity index (χ1v) is 10.3. The van der Waals surface area contributed by atoms with E-state index in [1.54, 1.807) is 25.3 Å². The predicted octanol–water partition coefficient (Wildman–Crippen LogP) is 5.70. The maximum atomic E-state index is 13.9. The fourth-order valence-corrected chi connectivity index (χ4v) is 4.20. The first kappa shape index (κ1) is 20.7. The van der Waals surface area contributed by atoms with Crippen LogP contribution in [0.5, 0.6) is 5.75 Å². The van der Waals surface area contributed by atoms with Crippen molar-refractivity contribution in [1.82, 2.24) is 4.57 Å². The van der Waals surface area contributed by atoms with Gasteiger partial charge in [0, 0.05) is 22.9 Å². The summed E-state index contributed by atoms with van der Waals surface area (Å²) < 4.78 is 34.6. The van der Waals surface area contributed by atoms with Gasteiger partial charge in [-0.1, -0.05) is 24.3 Å². The molecule has 2 N–H and O–H groups in total. The molecule has 1 heterocycles. The summed E-state index contributed by atoms with van der Waals surface area (Å²) in [6, 6.07) is 24.0. The second-order valence-corrected chi connectivity index (χ2v) is 7.78. The Hall–Kier alpha value is -4.19. The number of hydrogen-bond acceptors (Lipinski definition) is 2. The summed E-state index contributed by atoms with van der Waals surface area (Å²) in [4.78, 5) is 12.2. The average molecular weight is 441 g/mol. The van der Waals surface area contributed by atoms with Crippen LogP contribution in [0.2, 0.25) is 0 Å². The van der Waals surface area contributed by atoms with E-state index in [4.69, 9.17) is 10.5 Å². The molecule has 6 heteroatoms. The standard InChI is InChI=1S/C27H19F2N2O2/c1-33-19-9-6-17(7-10-19)18-8-11-20-25(14-18)31(15-16-5-12-22(28)23(29)13-16)24-4-2-3-21(26(20)24)27(30)32/h2-10,12-14H,15H2,1H3,(H2,30,32). The van der Waals surface area contributed by atoms with E-state index < -0.39 is 17.5 Å². The van der Waals surface area contributed by atoms with Crippen molar-refractivity contribution in [3.05, 3.63) is 102 Å². The zero-order chi connectivity index (χ0) is 23.1. The molecule has 0 spiro atoms. The van der Waals surface area contributed by atoms with Crippen LogP contribution in [0, 0.1) is 17.7 Å². The van der Waals surface area contributed by atoms with Crippen LogP contribution in [0.3, 0.4) is 0 Å². The van der Waals surface area contributed by atoms with Crippen molar-refractivity contribution in [1.29, 1.82) is 0 Å². The van der Waals surface area contributed by atoms with Crippen LogP contribution in [0.15, 0.2) is 72.8 Å². The Morgan fingerprint density at radius 2 is 1.76 bits per heavy atom. The van der Waals surface area contributed by atoms with Gasteiger partial charge in [0.15, 0.2) is 11.6 Å². The van der Waals surface area contributed by atoms with Crippen molar-refractivity contribution in [3.8, 4) is 16.9 Å². The molecule has 0 saturated heterocycles. The highest BCUT2D eigenvalue weighted by molar-refractivity contribution is 6.18. The molecule has 163 valence electrons. The first-order chi connectivity index (χ1) is 16.0. The van der Waals surface area contributed by atoms with Crippen LogP contribution in [0.4, 0.5) is 8.78 Å². The van der Waals surface area contributed by atoms with Gasteiger partial charge in [0.25, 0.3) is 0 Å². The number of ether oxygens (including phenoxy) is 1. The van der Waals surface area contributed by atoms with E-state index in [-0.39, 0.29) is 6.54 Å². The lowest BCUT2D eigenvalue weighted by molar-refractivity contribution is 0.100.